The van der Waals surface area contributed by atoms with Crippen molar-refractivity contribution in [2.75, 3.05) is 0 Å². The Kier molecular flexibility index (Phi) is 2.18. The first-order valence-corrected chi connectivity index (χ1v) is 7.34. The molecule has 4 rings (SSSR count). The Morgan fingerprint density at radius 2 is 1.88 bits per heavy atom. The van der Waals surface area contributed by atoms with Crippen molar-refractivity contribution in [3.8, 4) is 0 Å². The van der Waals surface area contributed by atoms with Gasteiger partial charge in [-0.2, -0.15) is 0 Å². The Labute approximate surface area is 105 Å². The zero-order chi connectivity index (χ0) is 12.6. The lowest BCUT2D eigenvalue weighted by Crippen LogP contribution is -2.64. The fraction of sp³-hybridized carbons (Fsp3) is 0.938. The highest BCUT2D eigenvalue weighted by Gasteiger charge is 2.69. The summed E-state index contributed by atoms with van der Waals surface area (Å²) in [6.45, 7) is 11.7. The fourth-order valence-electron chi connectivity index (χ4n) is 5.68. The maximum absolute atomic E-state index is 12.8. The molecule has 1 heteroatoms. The molecule has 0 spiro atoms. The topological polar surface area (TPSA) is 17.1 Å². The fourth-order valence-corrected chi connectivity index (χ4v) is 5.68. The molecular weight excluding hydrogens is 208 g/mol. The predicted molar refractivity (Wildman–Crippen MR) is 69.5 cm³/mol. The third-order valence-corrected chi connectivity index (χ3v) is 6.72. The summed E-state index contributed by atoms with van der Waals surface area (Å²) in [6, 6.07) is 0. The van der Waals surface area contributed by atoms with Crippen molar-refractivity contribution in [2.24, 2.45) is 40.4 Å². The molecule has 3 unspecified atom stereocenters. The lowest BCUT2D eigenvalue weighted by atomic mass is 9.38. The molecule has 17 heavy (non-hydrogen) atoms. The van der Waals surface area contributed by atoms with Gasteiger partial charge in [-0.15, -0.1) is 0 Å². The monoisotopic (exact) mass is 234 g/mol. The van der Waals surface area contributed by atoms with Crippen LogP contribution in [-0.4, -0.2) is 5.78 Å². The van der Waals surface area contributed by atoms with Crippen molar-refractivity contribution in [1.82, 2.24) is 0 Å². The number of Topliss-reactive ketones (excluding diaryl/α,β-unsaturated/α-hetero) is 1. The summed E-state index contributed by atoms with van der Waals surface area (Å²) in [5, 5.41) is 0. The molecule has 4 fully saturated rings. The SMILES string of the molecule is CC(C)[C@H]1CC[C@@]2(C)C1C(=O)C1CC2C1(C)C. The molecule has 0 aromatic heterocycles. The van der Waals surface area contributed by atoms with Crippen LogP contribution in [0.5, 0.6) is 0 Å². The van der Waals surface area contributed by atoms with Gasteiger partial charge in [0.15, 0.2) is 0 Å². The number of carbonyl (C=O) groups is 1. The molecular formula is C16H26O. The Morgan fingerprint density at radius 3 is 2.41 bits per heavy atom. The van der Waals surface area contributed by atoms with Crippen LogP contribution in [0.15, 0.2) is 0 Å². The van der Waals surface area contributed by atoms with E-state index in [2.05, 4.69) is 34.6 Å². The van der Waals surface area contributed by atoms with Crippen LogP contribution >= 0.6 is 0 Å². The molecule has 0 aromatic carbocycles. The van der Waals surface area contributed by atoms with Gasteiger partial charge in [0, 0.05) is 11.8 Å². The van der Waals surface area contributed by atoms with Gasteiger partial charge in [-0.25, -0.2) is 0 Å². The van der Waals surface area contributed by atoms with Crippen LogP contribution in [-0.2, 0) is 4.79 Å². The van der Waals surface area contributed by atoms with E-state index in [9.17, 15) is 4.79 Å². The summed E-state index contributed by atoms with van der Waals surface area (Å²) < 4.78 is 0. The van der Waals surface area contributed by atoms with E-state index in [0.717, 1.165) is 5.92 Å². The third-order valence-electron chi connectivity index (χ3n) is 6.72. The van der Waals surface area contributed by atoms with Gasteiger partial charge in [0.2, 0.25) is 0 Å². The van der Waals surface area contributed by atoms with Crippen molar-refractivity contribution in [3.63, 3.8) is 0 Å². The second-order valence-corrected chi connectivity index (χ2v) is 7.99. The summed E-state index contributed by atoms with van der Waals surface area (Å²) in [5.74, 6) is 3.52. The molecule has 4 aliphatic rings. The van der Waals surface area contributed by atoms with Crippen LogP contribution in [0.4, 0.5) is 0 Å². The van der Waals surface area contributed by atoms with Gasteiger partial charge < -0.3 is 0 Å². The van der Waals surface area contributed by atoms with Crippen LogP contribution in [0.25, 0.3) is 0 Å². The molecule has 0 N–H and O–H groups in total. The van der Waals surface area contributed by atoms with Crippen LogP contribution in [0.1, 0.15) is 53.9 Å². The summed E-state index contributed by atoms with van der Waals surface area (Å²) in [7, 11) is 0. The first kappa shape index (κ1) is 11.7. The van der Waals surface area contributed by atoms with E-state index in [0.29, 0.717) is 34.9 Å². The summed E-state index contributed by atoms with van der Waals surface area (Å²) in [5.41, 5.74) is 0.610. The van der Waals surface area contributed by atoms with Gasteiger partial charge >= 0.3 is 0 Å². The van der Waals surface area contributed by atoms with E-state index in [1.54, 1.807) is 0 Å². The number of carbonyl (C=O) groups excluding carboxylic acids is 1. The molecule has 2 bridgehead atoms. The molecule has 96 valence electrons. The minimum absolute atomic E-state index is 0.286. The van der Waals surface area contributed by atoms with Gasteiger partial charge in [0.1, 0.15) is 5.78 Å². The van der Waals surface area contributed by atoms with Crippen molar-refractivity contribution >= 4 is 5.78 Å². The van der Waals surface area contributed by atoms with Crippen LogP contribution in [0.3, 0.4) is 0 Å². The lowest BCUT2D eigenvalue weighted by Gasteiger charge is -2.65. The van der Waals surface area contributed by atoms with Crippen LogP contribution < -0.4 is 0 Å². The highest BCUT2D eigenvalue weighted by Crippen LogP contribution is 2.71. The first-order chi connectivity index (χ1) is 7.80. The van der Waals surface area contributed by atoms with E-state index >= 15 is 0 Å². The standard InChI is InChI=1S/C16H26O/c1-9(2)10-6-7-16(5)12-8-11(15(12,3)4)14(17)13(10)16/h9-13H,6-8H2,1-5H3/t10-,11?,12?,13?,16-/m1/s1. The molecule has 0 aliphatic heterocycles. The van der Waals surface area contributed by atoms with Gasteiger partial charge in [-0.05, 0) is 47.8 Å². The summed E-state index contributed by atoms with van der Waals surface area (Å²) in [4.78, 5) is 12.8. The molecule has 0 aromatic rings. The highest BCUT2D eigenvalue weighted by molar-refractivity contribution is 5.88. The Balaban J connectivity index is 2.00. The third kappa shape index (κ3) is 1.19. The molecule has 5 atom stereocenters. The number of hydrogen-bond donors (Lipinski definition) is 0. The molecule has 0 saturated heterocycles. The van der Waals surface area contributed by atoms with Crippen LogP contribution in [0.2, 0.25) is 0 Å². The van der Waals surface area contributed by atoms with Gasteiger partial charge in [0.25, 0.3) is 0 Å². The first-order valence-electron chi connectivity index (χ1n) is 7.34. The maximum Gasteiger partial charge on any atom is 0.140 e. The van der Waals surface area contributed by atoms with E-state index in [4.69, 9.17) is 0 Å². The minimum Gasteiger partial charge on any atom is -0.299 e. The van der Waals surface area contributed by atoms with E-state index < -0.39 is 0 Å². The smallest absolute Gasteiger partial charge is 0.140 e. The molecule has 0 radical (unpaired) electrons. The average Bonchev–Trinajstić information content (AvgIpc) is 2.55. The summed E-state index contributed by atoms with van der Waals surface area (Å²) in [6.07, 6.45) is 3.75. The normalized spacial score (nSPS) is 51.3. The zero-order valence-electron chi connectivity index (χ0n) is 11.9. The Bertz CT molecular complexity index is 368. The van der Waals surface area contributed by atoms with Crippen molar-refractivity contribution in [1.29, 1.82) is 0 Å². The van der Waals surface area contributed by atoms with E-state index in [1.807, 2.05) is 0 Å². The van der Waals surface area contributed by atoms with Crippen LogP contribution in [0, 0.1) is 40.4 Å². The number of hydrogen-bond acceptors (Lipinski definition) is 1. The quantitative estimate of drug-likeness (QED) is 0.672. The molecule has 1 nitrogen and oxygen atoms in total. The van der Waals surface area contributed by atoms with Gasteiger partial charge in [-0.3, -0.25) is 4.79 Å². The Morgan fingerprint density at radius 1 is 1.24 bits per heavy atom. The average molecular weight is 234 g/mol. The number of rotatable bonds is 1. The van der Waals surface area contributed by atoms with Crippen molar-refractivity contribution in [2.45, 2.75) is 53.9 Å². The van der Waals surface area contributed by atoms with Gasteiger partial charge in [0.05, 0.1) is 0 Å². The minimum atomic E-state index is 0.286. The van der Waals surface area contributed by atoms with Crippen molar-refractivity contribution in [3.05, 3.63) is 0 Å². The maximum atomic E-state index is 12.8. The summed E-state index contributed by atoms with van der Waals surface area (Å²) >= 11 is 0. The second kappa shape index (κ2) is 3.16. The predicted octanol–water partition coefficient (Wildman–Crippen LogP) is 3.92. The largest absolute Gasteiger partial charge is 0.299 e. The second-order valence-electron chi connectivity index (χ2n) is 7.99. The van der Waals surface area contributed by atoms with E-state index in [1.165, 1.54) is 19.3 Å². The molecule has 4 aliphatic carbocycles. The van der Waals surface area contributed by atoms with Crippen molar-refractivity contribution < 1.29 is 4.79 Å². The number of ketones is 1. The molecule has 4 saturated carbocycles. The van der Waals surface area contributed by atoms with Gasteiger partial charge in [-0.1, -0.05) is 34.6 Å². The molecule has 0 heterocycles. The van der Waals surface area contributed by atoms with E-state index in [-0.39, 0.29) is 5.41 Å². The zero-order valence-corrected chi connectivity index (χ0v) is 11.9. The lowest BCUT2D eigenvalue weighted by molar-refractivity contribution is -0.188. The highest BCUT2D eigenvalue weighted by atomic mass is 16.1. The Hall–Kier alpha value is -0.330. The molecule has 0 amide bonds.